The Labute approximate surface area is 120 Å². The summed E-state index contributed by atoms with van der Waals surface area (Å²) in [5.74, 6) is -0.853. The lowest BCUT2D eigenvalue weighted by atomic mass is 9.97. The minimum atomic E-state index is -0.730. The van der Waals surface area contributed by atoms with Crippen LogP contribution in [0, 0.1) is 5.92 Å². The van der Waals surface area contributed by atoms with Crippen LogP contribution in [0.5, 0.6) is 0 Å². The maximum Gasteiger partial charge on any atom is 0.307 e. The average molecular weight is 282 g/mol. The summed E-state index contributed by atoms with van der Waals surface area (Å²) in [5, 5.41) is 9.10. The van der Waals surface area contributed by atoms with Crippen LogP contribution in [0.4, 0.5) is 0 Å². The highest BCUT2D eigenvalue weighted by Crippen LogP contribution is 2.21. The van der Waals surface area contributed by atoms with Crippen LogP contribution in [0.2, 0.25) is 0 Å². The number of nitrogens with zero attached hydrogens (tertiary/aromatic N) is 2. The number of carboxylic acid groups (broad SMARTS) is 1. The zero-order valence-corrected chi connectivity index (χ0v) is 12.4. The Morgan fingerprint density at radius 2 is 1.95 bits per heavy atom. The summed E-state index contributed by atoms with van der Waals surface area (Å²) in [6.07, 6.45) is 6.05. The molecular weight excluding hydrogens is 256 g/mol. The van der Waals surface area contributed by atoms with Gasteiger partial charge in [0.25, 0.3) is 0 Å². The van der Waals surface area contributed by atoms with Crippen LogP contribution in [0.1, 0.15) is 45.4 Å². The first-order chi connectivity index (χ1) is 9.61. The number of hydrogen-bond donors (Lipinski definition) is 1. The molecule has 0 radical (unpaired) electrons. The van der Waals surface area contributed by atoms with Crippen molar-refractivity contribution in [2.75, 3.05) is 26.2 Å². The second kappa shape index (κ2) is 7.07. The Kier molecular flexibility index (Phi) is 5.40. The van der Waals surface area contributed by atoms with Gasteiger partial charge in [-0.25, -0.2) is 0 Å². The number of hydrogen-bond acceptors (Lipinski definition) is 3. The number of carboxylic acids is 1. The van der Waals surface area contributed by atoms with Crippen LogP contribution < -0.4 is 0 Å². The van der Waals surface area contributed by atoms with Crippen molar-refractivity contribution in [1.82, 2.24) is 9.80 Å². The van der Waals surface area contributed by atoms with E-state index in [9.17, 15) is 9.59 Å². The van der Waals surface area contributed by atoms with Crippen molar-refractivity contribution in [3.8, 4) is 0 Å². The molecule has 2 rings (SSSR count). The third-order valence-corrected chi connectivity index (χ3v) is 4.63. The highest BCUT2D eigenvalue weighted by atomic mass is 16.4. The van der Waals surface area contributed by atoms with E-state index in [1.54, 1.807) is 0 Å². The van der Waals surface area contributed by atoms with E-state index in [4.69, 9.17) is 5.11 Å². The molecule has 2 unspecified atom stereocenters. The molecule has 1 amide bonds. The fourth-order valence-corrected chi connectivity index (χ4v) is 3.44. The summed E-state index contributed by atoms with van der Waals surface area (Å²) in [6.45, 7) is 4.76. The lowest BCUT2D eigenvalue weighted by Gasteiger charge is -2.38. The highest BCUT2D eigenvalue weighted by molar-refractivity contribution is 5.79. The van der Waals surface area contributed by atoms with Gasteiger partial charge in [0.15, 0.2) is 0 Å². The molecule has 0 aromatic carbocycles. The summed E-state index contributed by atoms with van der Waals surface area (Å²) in [4.78, 5) is 27.6. The first-order valence-corrected chi connectivity index (χ1v) is 7.86. The van der Waals surface area contributed by atoms with E-state index in [-0.39, 0.29) is 11.8 Å². The number of likely N-dealkylation sites (tertiary alicyclic amines) is 2. The molecule has 2 atom stereocenters. The van der Waals surface area contributed by atoms with Gasteiger partial charge in [0.2, 0.25) is 5.91 Å². The van der Waals surface area contributed by atoms with Gasteiger partial charge in [0, 0.05) is 19.1 Å². The molecule has 114 valence electrons. The Hall–Kier alpha value is -1.10. The second-order valence-electron chi connectivity index (χ2n) is 6.06. The Morgan fingerprint density at radius 3 is 2.65 bits per heavy atom. The van der Waals surface area contributed by atoms with E-state index >= 15 is 0 Å². The summed E-state index contributed by atoms with van der Waals surface area (Å²) >= 11 is 0. The van der Waals surface area contributed by atoms with Gasteiger partial charge < -0.3 is 10.0 Å². The van der Waals surface area contributed by atoms with E-state index in [1.807, 2.05) is 9.80 Å². The van der Waals surface area contributed by atoms with E-state index in [1.165, 1.54) is 6.42 Å². The van der Waals surface area contributed by atoms with Crippen LogP contribution >= 0.6 is 0 Å². The van der Waals surface area contributed by atoms with Gasteiger partial charge in [-0.15, -0.1) is 0 Å². The molecular formula is C15H26N2O3. The Balaban J connectivity index is 1.88. The largest absolute Gasteiger partial charge is 0.481 e. The summed E-state index contributed by atoms with van der Waals surface area (Å²) in [6, 6.07) is 0.385. The number of aliphatic carboxylic acids is 1. The van der Waals surface area contributed by atoms with Crippen molar-refractivity contribution in [2.24, 2.45) is 5.92 Å². The fraction of sp³-hybridized carbons (Fsp3) is 0.867. The van der Waals surface area contributed by atoms with E-state index in [0.717, 1.165) is 45.2 Å². The van der Waals surface area contributed by atoms with Gasteiger partial charge in [0.1, 0.15) is 0 Å². The molecule has 20 heavy (non-hydrogen) atoms. The summed E-state index contributed by atoms with van der Waals surface area (Å²) in [5.41, 5.74) is 0. The average Bonchev–Trinajstić information content (AvgIpc) is 2.47. The summed E-state index contributed by atoms with van der Waals surface area (Å²) < 4.78 is 0. The van der Waals surface area contributed by atoms with Gasteiger partial charge in [-0.1, -0.05) is 6.92 Å². The van der Waals surface area contributed by atoms with Gasteiger partial charge in [-0.2, -0.15) is 0 Å². The lowest BCUT2D eigenvalue weighted by molar-refractivity contribution is -0.145. The van der Waals surface area contributed by atoms with Crippen molar-refractivity contribution in [2.45, 2.75) is 51.5 Å². The van der Waals surface area contributed by atoms with Gasteiger partial charge in [-0.3, -0.25) is 14.5 Å². The van der Waals surface area contributed by atoms with Gasteiger partial charge >= 0.3 is 5.97 Å². The zero-order chi connectivity index (χ0) is 14.5. The minimum Gasteiger partial charge on any atom is -0.481 e. The maximum atomic E-state index is 12.4. The van der Waals surface area contributed by atoms with Crippen LogP contribution in [0.15, 0.2) is 0 Å². The topological polar surface area (TPSA) is 60.9 Å². The van der Waals surface area contributed by atoms with Crippen LogP contribution in [-0.4, -0.2) is 59.0 Å². The Morgan fingerprint density at radius 1 is 1.15 bits per heavy atom. The van der Waals surface area contributed by atoms with Crippen molar-refractivity contribution < 1.29 is 14.7 Å². The molecule has 2 fully saturated rings. The molecule has 2 saturated heterocycles. The number of amides is 1. The van der Waals surface area contributed by atoms with Gasteiger partial charge in [-0.05, 0) is 45.1 Å². The number of rotatable bonds is 4. The molecule has 2 heterocycles. The van der Waals surface area contributed by atoms with E-state index in [2.05, 4.69) is 6.92 Å². The van der Waals surface area contributed by atoms with Gasteiger partial charge in [0.05, 0.1) is 12.5 Å². The molecule has 1 N–H and O–H groups in total. The third kappa shape index (κ3) is 3.72. The minimum absolute atomic E-state index is 0.183. The molecule has 2 aliphatic heterocycles. The van der Waals surface area contributed by atoms with E-state index < -0.39 is 5.97 Å². The second-order valence-corrected chi connectivity index (χ2v) is 6.06. The third-order valence-electron chi connectivity index (χ3n) is 4.63. The molecule has 5 nitrogen and oxygen atoms in total. The maximum absolute atomic E-state index is 12.4. The molecule has 0 saturated carbocycles. The quantitative estimate of drug-likeness (QED) is 0.850. The number of piperidine rings is 2. The Bertz CT molecular complexity index is 359. The van der Waals surface area contributed by atoms with Crippen LogP contribution in [0.3, 0.4) is 0 Å². The van der Waals surface area contributed by atoms with Crippen LogP contribution in [-0.2, 0) is 9.59 Å². The molecule has 0 bridgehead atoms. The molecule has 0 aromatic rings. The first-order valence-electron chi connectivity index (χ1n) is 7.86. The standard InChI is InChI=1S/C15H26N2O3/c1-2-13-7-3-4-9-17(13)14(18)11-16-8-5-6-12(10-16)15(19)20/h12-13H,2-11H2,1H3,(H,19,20). The van der Waals surface area contributed by atoms with Crippen molar-refractivity contribution >= 4 is 11.9 Å². The fourth-order valence-electron chi connectivity index (χ4n) is 3.44. The smallest absolute Gasteiger partial charge is 0.307 e. The first kappa shape index (κ1) is 15.3. The van der Waals surface area contributed by atoms with Crippen LogP contribution in [0.25, 0.3) is 0 Å². The van der Waals surface area contributed by atoms with E-state index in [0.29, 0.717) is 19.1 Å². The predicted octanol–water partition coefficient (Wildman–Crippen LogP) is 1.57. The molecule has 0 spiro atoms. The lowest BCUT2D eigenvalue weighted by Crippen LogP contribution is -2.50. The monoisotopic (exact) mass is 282 g/mol. The molecule has 0 aliphatic carbocycles. The van der Waals surface area contributed by atoms with Crippen molar-refractivity contribution in [3.05, 3.63) is 0 Å². The van der Waals surface area contributed by atoms with Crippen molar-refractivity contribution in [1.29, 1.82) is 0 Å². The summed E-state index contributed by atoms with van der Waals surface area (Å²) in [7, 11) is 0. The number of carbonyl (C=O) groups is 2. The predicted molar refractivity (Wildman–Crippen MR) is 76.4 cm³/mol. The SMILES string of the molecule is CCC1CCCCN1C(=O)CN1CCCC(C(=O)O)C1. The highest BCUT2D eigenvalue weighted by Gasteiger charge is 2.30. The molecule has 2 aliphatic rings. The normalized spacial score (nSPS) is 28.4. The molecule has 0 aromatic heterocycles. The number of carbonyl (C=O) groups excluding carboxylic acids is 1. The molecule has 5 heteroatoms. The van der Waals surface area contributed by atoms with Crippen molar-refractivity contribution in [3.63, 3.8) is 0 Å². The zero-order valence-electron chi connectivity index (χ0n) is 12.4.